The molecule has 7 heteroatoms. The predicted molar refractivity (Wildman–Crippen MR) is 82.0 cm³/mol. The van der Waals surface area contributed by atoms with Gasteiger partial charge >= 0.3 is 0 Å². The molecule has 3 rings (SSSR count). The van der Waals surface area contributed by atoms with Gasteiger partial charge in [-0.3, -0.25) is 9.78 Å². The zero-order chi connectivity index (χ0) is 19.9. The highest BCUT2D eigenvalue weighted by atomic mass is 32.2. The van der Waals surface area contributed by atoms with Crippen LogP contribution in [-0.2, 0) is 10.0 Å². The third kappa shape index (κ3) is 2.66. The number of carbonyl (C=O) groups is 1. The van der Waals surface area contributed by atoms with Crippen molar-refractivity contribution in [1.82, 2.24) is 8.96 Å². The minimum absolute atomic E-state index is 0.107. The van der Waals surface area contributed by atoms with E-state index in [0.717, 1.165) is 18.5 Å². The van der Waals surface area contributed by atoms with Gasteiger partial charge in [0.15, 0.2) is 6.29 Å². The molecule has 1 aromatic carbocycles. The van der Waals surface area contributed by atoms with E-state index in [1.54, 1.807) is 0 Å². The van der Waals surface area contributed by atoms with Crippen molar-refractivity contribution >= 4 is 16.3 Å². The van der Waals surface area contributed by atoms with Gasteiger partial charge in [0.1, 0.15) is 10.7 Å². The number of carbonyl (C=O) groups excluding carboxylic acids is 1. The van der Waals surface area contributed by atoms with E-state index in [0.29, 0.717) is 10.3 Å². The molecule has 0 saturated carbocycles. The average Bonchev–Trinajstić information content (AvgIpc) is 3.10. The fourth-order valence-corrected chi connectivity index (χ4v) is 3.33. The molecular weight excluding hydrogens is 319 g/mol. The second kappa shape index (κ2) is 5.77. The maximum atomic E-state index is 14.7. The molecule has 116 valence electrons. The highest BCUT2D eigenvalue weighted by Gasteiger charge is 2.23. The lowest BCUT2D eigenvalue weighted by molar-refractivity contribution is 0.112. The Morgan fingerprint density at radius 1 is 1.30 bits per heavy atom. The number of aldehydes is 1. The van der Waals surface area contributed by atoms with Crippen LogP contribution in [0.3, 0.4) is 0 Å². The molecule has 0 unspecified atom stereocenters. The average molecular weight is 334 g/mol. The number of rotatable bonds is 4. The first-order valence-corrected chi connectivity index (χ1v) is 7.73. The summed E-state index contributed by atoms with van der Waals surface area (Å²) in [6.45, 7) is 0. The van der Waals surface area contributed by atoms with Gasteiger partial charge in [-0.2, -0.15) is 0 Å². The lowest BCUT2D eigenvalue weighted by atomic mass is 10.1. The van der Waals surface area contributed by atoms with E-state index in [2.05, 4.69) is 4.98 Å². The molecule has 5 nitrogen and oxygen atoms in total. The Kier molecular flexibility index (Phi) is 2.72. The molecule has 0 spiro atoms. The number of benzene rings is 1. The van der Waals surface area contributed by atoms with Crippen LogP contribution in [0.2, 0.25) is 0 Å². The largest absolute Gasteiger partial charge is 0.298 e. The van der Waals surface area contributed by atoms with Crippen LogP contribution in [0.15, 0.2) is 65.9 Å². The van der Waals surface area contributed by atoms with E-state index in [1.165, 1.54) is 18.3 Å². The monoisotopic (exact) mass is 334 g/mol. The van der Waals surface area contributed by atoms with Crippen LogP contribution in [0, 0.1) is 5.82 Å². The van der Waals surface area contributed by atoms with Crippen molar-refractivity contribution in [3.8, 4) is 11.3 Å². The summed E-state index contributed by atoms with van der Waals surface area (Å²) in [4.78, 5) is 14.6. The summed E-state index contributed by atoms with van der Waals surface area (Å²) in [6.07, 6.45) is 3.73. The quantitative estimate of drug-likeness (QED) is 0.688. The Morgan fingerprint density at radius 3 is 2.78 bits per heavy atom. The van der Waals surface area contributed by atoms with E-state index in [1.807, 2.05) is 0 Å². The highest BCUT2D eigenvalue weighted by Crippen LogP contribution is 2.28. The molecule has 0 aliphatic rings. The van der Waals surface area contributed by atoms with Crippen molar-refractivity contribution in [2.45, 2.75) is 4.90 Å². The van der Waals surface area contributed by atoms with E-state index in [4.69, 9.17) is 5.48 Å². The van der Waals surface area contributed by atoms with Gasteiger partial charge < -0.3 is 0 Å². The van der Waals surface area contributed by atoms with Gasteiger partial charge in [-0.25, -0.2) is 16.8 Å². The molecule has 0 radical (unpaired) electrons. The molecule has 3 aromatic rings. The molecule has 0 atom stereocenters. The summed E-state index contributed by atoms with van der Waals surface area (Å²) in [7, 11) is -4.30. The van der Waals surface area contributed by atoms with Crippen molar-refractivity contribution < 1.29 is 23.1 Å². The van der Waals surface area contributed by atoms with E-state index >= 15 is 0 Å². The summed E-state index contributed by atoms with van der Waals surface area (Å²) in [5, 5.41) is 0. The molecule has 2 heterocycles. The van der Waals surface area contributed by atoms with Crippen LogP contribution in [-0.4, -0.2) is 23.7 Å². The number of hydrogen-bond donors (Lipinski definition) is 0. The van der Waals surface area contributed by atoms with Crippen LogP contribution in [0.25, 0.3) is 11.3 Å². The predicted octanol–water partition coefficient (Wildman–Crippen LogP) is 2.74. The lowest BCUT2D eigenvalue weighted by Crippen LogP contribution is -2.13. The van der Waals surface area contributed by atoms with Gasteiger partial charge in [0, 0.05) is 29.7 Å². The Labute approximate surface area is 137 Å². The lowest BCUT2D eigenvalue weighted by Gasteiger charge is -2.10. The van der Waals surface area contributed by atoms with Crippen LogP contribution < -0.4 is 0 Å². The van der Waals surface area contributed by atoms with Crippen molar-refractivity contribution in [1.29, 1.82) is 0 Å². The third-order valence-corrected chi connectivity index (χ3v) is 4.69. The molecule has 0 amide bonds. The minimum Gasteiger partial charge on any atom is -0.298 e. The van der Waals surface area contributed by atoms with E-state index in [9.17, 15) is 17.6 Å². The summed E-state index contributed by atoms with van der Waals surface area (Å²) in [5.41, 5.74) is -1.16. The van der Waals surface area contributed by atoms with Gasteiger partial charge in [0.2, 0.25) is 0 Å². The summed E-state index contributed by atoms with van der Waals surface area (Å²) >= 11 is 0. The first-order valence-electron chi connectivity index (χ1n) is 8.29. The second-order valence-corrected chi connectivity index (χ2v) is 6.27. The van der Waals surface area contributed by atoms with Crippen LogP contribution >= 0.6 is 0 Å². The Hall–Kier alpha value is -2.80. The molecule has 0 N–H and O–H groups in total. The third-order valence-electron chi connectivity index (χ3n) is 3.03. The molecular formula is C16H11FN2O3S. The van der Waals surface area contributed by atoms with Gasteiger partial charge in [-0.1, -0.05) is 12.1 Å². The molecule has 0 fully saturated rings. The van der Waals surface area contributed by atoms with Crippen molar-refractivity contribution in [2.24, 2.45) is 0 Å². The van der Waals surface area contributed by atoms with E-state index < -0.39 is 51.3 Å². The number of hydrogen-bond acceptors (Lipinski definition) is 4. The number of nitrogens with zero attached hydrogens (tertiary/aromatic N) is 2. The second-order valence-electron chi connectivity index (χ2n) is 4.46. The molecule has 0 aliphatic carbocycles. The zero-order valence-electron chi connectivity index (χ0n) is 15.4. The minimum atomic E-state index is -4.30. The van der Waals surface area contributed by atoms with Crippen LogP contribution in [0.1, 0.15) is 15.8 Å². The van der Waals surface area contributed by atoms with E-state index in [-0.39, 0.29) is 10.5 Å². The molecule has 2 aromatic heterocycles. The normalized spacial score (nSPS) is 13.8. The molecule has 0 saturated heterocycles. The highest BCUT2D eigenvalue weighted by molar-refractivity contribution is 7.90. The topological polar surface area (TPSA) is 69.0 Å². The van der Waals surface area contributed by atoms with Gasteiger partial charge in [-0.15, -0.1) is 0 Å². The van der Waals surface area contributed by atoms with Crippen LogP contribution in [0.5, 0.6) is 0 Å². The number of halogens is 1. The number of aromatic nitrogens is 2. The van der Waals surface area contributed by atoms with Crippen molar-refractivity contribution in [3.05, 3.63) is 72.3 Å². The van der Waals surface area contributed by atoms with Gasteiger partial charge in [0.05, 0.1) is 11.2 Å². The Morgan fingerprint density at radius 2 is 2.09 bits per heavy atom. The summed E-state index contributed by atoms with van der Waals surface area (Å²) in [5.74, 6) is -1.32. The first kappa shape index (κ1) is 10.8. The maximum absolute atomic E-state index is 14.7. The number of pyridine rings is 1. The molecule has 0 bridgehead atoms. The van der Waals surface area contributed by atoms with Gasteiger partial charge in [0.25, 0.3) is 10.0 Å². The Balaban J connectivity index is 2.39. The fourth-order valence-electron chi connectivity index (χ4n) is 2.00. The maximum Gasteiger partial charge on any atom is 0.269 e. The summed E-state index contributed by atoms with van der Waals surface area (Å²) in [6, 6.07) is 0.465. The first-order chi connectivity index (χ1) is 12.7. The van der Waals surface area contributed by atoms with Gasteiger partial charge in [-0.05, 0) is 30.3 Å². The smallest absolute Gasteiger partial charge is 0.269 e. The zero-order valence-corrected chi connectivity index (χ0v) is 12.3. The molecule has 0 aliphatic heterocycles. The Bertz CT molecular complexity index is 1140. The van der Waals surface area contributed by atoms with Crippen molar-refractivity contribution in [2.75, 3.05) is 0 Å². The van der Waals surface area contributed by atoms with Crippen molar-refractivity contribution in [3.63, 3.8) is 0 Å². The molecule has 23 heavy (non-hydrogen) atoms. The summed E-state index contributed by atoms with van der Waals surface area (Å²) < 4.78 is 71.9. The van der Waals surface area contributed by atoms with Crippen LogP contribution in [0.4, 0.5) is 4.39 Å². The standard InChI is InChI=1S/C16H11FN2O3S/c17-15-6-2-1-5-14(15)16-8-12(11-20)10-19(16)23(21,22)13-4-3-7-18-9-13/h1-11H/i1D,2D,5D,6D. The fraction of sp³-hybridized carbons (Fsp3) is 0. The SMILES string of the molecule is [2H]c1c([2H])c([2H])c(-c2cc(C=O)cn2S(=O)(=O)c2cccnc2)c(F)c1[2H].